The average molecular weight is 315 g/mol. The molecule has 1 saturated heterocycles. The second-order valence-electron chi connectivity index (χ2n) is 5.19. The van der Waals surface area contributed by atoms with Crippen LogP contribution in [0.2, 0.25) is 0 Å². The molecule has 2 unspecified atom stereocenters. The predicted molar refractivity (Wildman–Crippen MR) is 85.1 cm³/mol. The third kappa shape index (κ3) is 6.33. The van der Waals surface area contributed by atoms with Crippen LogP contribution >= 0.6 is 12.4 Å². The first-order chi connectivity index (χ1) is 9.63. The lowest BCUT2D eigenvalue weighted by Crippen LogP contribution is -2.19. The van der Waals surface area contributed by atoms with Gasteiger partial charge in [0.25, 0.3) is 0 Å². The molecule has 2 rings (SSSR count). The molecule has 1 heterocycles. The molecule has 3 N–H and O–H groups in total. The molecule has 0 saturated carbocycles. The van der Waals surface area contributed by atoms with Crippen LogP contribution in [0.5, 0.6) is 5.75 Å². The predicted octanol–water partition coefficient (Wildman–Crippen LogP) is 2.34. The van der Waals surface area contributed by atoms with E-state index >= 15 is 0 Å². The van der Waals surface area contributed by atoms with Crippen molar-refractivity contribution in [1.82, 2.24) is 0 Å². The summed E-state index contributed by atoms with van der Waals surface area (Å²) in [4.78, 5) is 11.7. The molecule has 1 aliphatic rings. The number of nitrogens with two attached hydrogens (primary N) is 1. The maximum atomic E-state index is 11.7. The molecule has 118 valence electrons. The largest absolute Gasteiger partial charge is 0.488 e. The molecule has 1 aromatic rings. The Kier molecular flexibility index (Phi) is 7.50. The van der Waals surface area contributed by atoms with Crippen LogP contribution in [0.25, 0.3) is 0 Å². The van der Waals surface area contributed by atoms with Crippen molar-refractivity contribution in [2.24, 2.45) is 5.73 Å². The zero-order valence-corrected chi connectivity index (χ0v) is 13.0. The standard InChI is InChI=1S/C15H22N2O3.ClH/c1-11(16)2-7-15(18)17-12-3-5-13(6-4-12)20-14-8-9-19-10-14;/h3-6,11,14H,2,7-10,16H2,1H3,(H,17,18);1H. The van der Waals surface area contributed by atoms with Gasteiger partial charge < -0.3 is 20.5 Å². The lowest BCUT2D eigenvalue weighted by Gasteiger charge is -2.12. The van der Waals surface area contributed by atoms with E-state index in [4.69, 9.17) is 15.2 Å². The Labute approximate surface area is 131 Å². The summed E-state index contributed by atoms with van der Waals surface area (Å²) < 4.78 is 11.0. The van der Waals surface area contributed by atoms with E-state index in [1.807, 2.05) is 31.2 Å². The van der Waals surface area contributed by atoms with Crippen molar-refractivity contribution < 1.29 is 14.3 Å². The minimum absolute atomic E-state index is 0. The first kappa shape index (κ1) is 17.8. The van der Waals surface area contributed by atoms with Gasteiger partial charge in [0.1, 0.15) is 11.9 Å². The molecule has 6 heteroatoms. The van der Waals surface area contributed by atoms with E-state index in [1.165, 1.54) is 0 Å². The summed E-state index contributed by atoms with van der Waals surface area (Å²) in [5.41, 5.74) is 6.40. The van der Waals surface area contributed by atoms with Gasteiger partial charge in [0.05, 0.1) is 13.2 Å². The summed E-state index contributed by atoms with van der Waals surface area (Å²) in [7, 11) is 0. The fourth-order valence-corrected chi connectivity index (χ4v) is 2.00. The highest BCUT2D eigenvalue weighted by Crippen LogP contribution is 2.19. The summed E-state index contributed by atoms with van der Waals surface area (Å²) in [5, 5.41) is 2.84. The van der Waals surface area contributed by atoms with E-state index in [1.54, 1.807) is 0 Å². The Morgan fingerprint density at radius 1 is 1.48 bits per heavy atom. The van der Waals surface area contributed by atoms with Gasteiger partial charge in [-0.25, -0.2) is 0 Å². The van der Waals surface area contributed by atoms with Gasteiger partial charge in [-0.2, -0.15) is 0 Å². The van der Waals surface area contributed by atoms with E-state index in [2.05, 4.69) is 5.32 Å². The smallest absolute Gasteiger partial charge is 0.224 e. The zero-order chi connectivity index (χ0) is 14.4. The summed E-state index contributed by atoms with van der Waals surface area (Å²) in [5.74, 6) is 0.786. The molecule has 0 bridgehead atoms. The third-order valence-electron chi connectivity index (χ3n) is 3.16. The number of carbonyl (C=O) groups excluding carboxylic acids is 1. The molecular formula is C15H23ClN2O3. The second kappa shape index (κ2) is 8.87. The van der Waals surface area contributed by atoms with Gasteiger partial charge in [-0.3, -0.25) is 4.79 Å². The number of halogens is 1. The molecule has 21 heavy (non-hydrogen) atoms. The average Bonchev–Trinajstić information content (AvgIpc) is 2.92. The van der Waals surface area contributed by atoms with Gasteiger partial charge in [0.15, 0.2) is 0 Å². The molecule has 0 radical (unpaired) electrons. The van der Waals surface area contributed by atoms with Crippen molar-refractivity contribution in [3.63, 3.8) is 0 Å². The van der Waals surface area contributed by atoms with Gasteiger partial charge in [-0.1, -0.05) is 0 Å². The number of nitrogens with one attached hydrogen (secondary N) is 1. The molecule has 1 aliphatic heterocycles. The Bertz CT molecular complexity index is 431. The number of rotatable bonds is 6. The Morgan fingerprint density at radius 2 is 2.19 bits per heavy atom. The molecular weight excluding hydrogens is 292 g/mol. The lowest BCUT2D eigenvalue weighted by atomic mass is 10.2. The molecule has 1 fully saturated rings. The fourth-order valence-electron chi connectivity index (χ4n) is 2.00. The molecule has 2 atom stereocenters. The van der Waals surface area contributed by atoms with Crippen molar-refractivity contribution in [2.45, 2.75) is 38.3 Å². The SMILES string of the molecule is CC(N)CCC(=O)Nc1ccc(OC2CCOC2)cc1.Cl. The van der Waals surface area contributed by atoms with Crippen LogP contribution in [0.4, 0.5) is 5.69 Å². The van der Waals surface area contributed by atoms with E-state index < -0.39 is 0 Å². The molecule has 1 amide bonds. The van der Waals surface area contributed by atoms with E-state index in [0.29, 0.717) is 19.4 Å². The number of carbonyl (C=O) groups is 1. The first-order valence-electron chi connectivity index (χ1n) is 7.03. The number of benzene rings is 1. The summed E-state index contributed by atoms with van der Waals surface area (Å²) in [6.07, 6.45) is 2.20. The van der Waals surface area contributed by atoms with Crippen LogP contribution in [0.3, 0.4) is 0 Å². The molecule has 0 aromatic heterocycles. The van der Waals surface area contributed by atoms with Gasteiger partial charge in [0.2, 0.25) is 5.91 Å². The maximum Gasteiger partial charge on any atom is 0.224 e. The van der Waals surface area contributed by atoms with Crippen molar-refractivity contribution in [1.29, 1.82) is 0 Å². The maximum absolute atomic E-state index is 11.7. The zero-order valence-electron chi connectivity index (χ0n) is 12.2. The molecule has 1 aromatic carbocycles. The van der Waals surface area contributed by atoms with Crippen molar-refractivity contribution >= 4 is 24.0 Å². The minimum Gasteiger partial charge on any atom is -0.488 e. The summed E-state index contributed by atoms with van der Waals surface area (Å²) >= 11 is 0. The number of amides is 1. The topological polar surface area (TPSA) is 73.6 Å². The van der Waals surface area contributed by atoms with Crippen molar-refractivity contribution in [2.75, 3.05) is 18.5 Å². The number of anilines is 1. The molecule has 0 spiro atoms. The van der Waals surface area contributed by atoms with Crippen LogP contribution in [0.15, 0.2) is 24.3 Å². The lowest BCUT2D eigenvalue weighted by molar-refractivity contribution is -0.116. The van der Waals surface area contributed by atoms with E-state index in [9.17, 15) is 4.79 Å². The third-order valence-corrected chi connectivity index (χ3v) is 3.16. The monoisotopic (exact) mass is 314 g/mol. The summed E-state index contributed by atoms with van der Waals surface area (Å²) in [6.45, 7) is 3.31. The number of ether oxygens (including phenoxy) is 2. The van der Waals surface area contributed by atoms with Crippen LogP contribution in [0, 0.1) is 0 Å². The van der Waals surface area contributed by atoms with Gasteiger partial charge in [0, 0.05) is 24.6 Å². The van der Waals surface area contributed by atoms with Gasteiger partial charge in [-0.15, -0.1) is 12.4 Å². The Balaban J connectivity index is 0.00000220. The van der Waals surface area contributed by atoms with Crippen LogP contribution in [-0.2, 0) is 9.53 Å². The van der Waals surface area contributed by atoms with Gasteiger partial charge in [-0.05, 0) is 37.6 Å². The van der Waals surface area contributed by atoms with Crippen LogP contribution in [0.1, 0.15) is 26.2 Å². The highest BCUT2D eigenvalue weighted by atomic mass is 35.5. The quantitative estimate of drug-likeness (QED) is 0.845. The van der Waals surface area contributed by atoms with E-state index in [0.717, 1.165) is 24.5 Å². The fraction of sp³-hybridized carbons (Fsp3) is 0.533. The molecule has 5 nitrogen and oxygen atoms in total. The highest BCUT2D eigenvalue weighted by molar-refractivity contribution is 5.90. The van der Waals surface area contributed by atoms with Crippen molar-refractivity contribution in [3.8, 4) is 5.75 Å². The van der Waals surface area contributed by atoms with Crippen LogP contribution in [-0.4, -0.2) is 31.3 Å². The Morgan fingerprint density at radius 3 is 2.76 bits per heavy atom. The van der Waals surface area contributed by atoms with Crippen molar-refractivity contribution in [3.05, 3.63) is 24.3 Å². The molecule has 0 aliphatic carbocycles. The van der Waals surface area contributed by atoms with Crippen LogP contribution < -0.4 is 15.8 Å². The Hall–Kier alpha value is -1.30. The minimum atomic E-state index is -0.0137. The first-order valence-corrected chi connectivity index (χ1v) is 7.03. The number of hydrogen-bond donors (Lipinski definition) is 2. The van der Waals surface area contributed by atoms with Gasteiger partial charge >= 0.3 is 0 Å². The second-order valence-corrected chi connectivity index (χ2v) is 5.19. The summed E-state index contributed by atoms with van der Waals surface area (Å²) in [6, 6.07) is 7.45. The normalized spacial score (nSPS) is 18.7. The number of hydrogen-bond acceptors (Lipinski definition) is 4. The highest BCUT2D eigenvalue weighted by Gasteiger charge is 2.16. The van der Waals surface area contributed by atoms with E-state index in [-0.39, 0.29) is 30.5 Å².